The lowest BCUT2D eigenvalue weighted by molar-refractivity contribution is 0.532. The van der Waals surface area contributed by atoms with Crippen molar-refractivity contribution < 1.29 is 0 Å². The quantitative estimate of drug-likeness (QED) is 0.806. The van der Waals surface area contributed by atoms with Gasteiger partial charge in [-0.1, -0.05) is 19.8 Å². The van der Waals surface area contributed by atoms with Crippen LogP contribution in [0.2, 0.25) is 0 Å². The molecule has 0 bridgehead atoms. The normalized spacial score (nSPS) is 35.6. The molecular weight excluding hydrogens is 210 g/mol. The van der Waals surface area contributed by atoms with Gasteiger partial charge in [-0.3, -0.25) is 0 Å². The van der Waals surface area contributed by atoms with Crippen LogP contribution in [0.25, 0.3) is 0 Å². The molecule has 0 aromatic heterocycles. The van der Waals surface area contributed by atoms with Crippen molar-refractivity contribution in [2.75, 3.05) is 11.5 Å². The number of thioether (sulfide) groups is 2. The Hall–Kier alpha value is 0.660. The van der Waals surface area contributed by atoms with E-state index in [1.807, 2.05) is 0 Å². The van der Waals surface area contributed by atoms with Crippen molar-refractivity contribution in [3.63, 3.8) is 0 Å². The lowest BCUT2D eigenvalue weighted by Crippen LogP contribution is -2.40. The van der Waals surface area contributed by atoms with Crippen molar-refractivity contribution in [3.8, 4) is 0 Å². The molecule has 2 aliphatic rings. The summed E-state index contributed by atoms with van der Waals surface area (Å²) in [4.78, 5) is 0. The Labute approximate surface area is 96.0 Å². The molecule has 1 aliphatic carbocycles. The van der Waals surface area contributed by atoms with E-state index < -0.39 is 0 Å². The summed E-state index contributed by atoms with van der Waals surface area (Å²) in [6.07, 6.45) is 5.58. The zero-order valence-corrected chi connectivity index (χ0v) is 10.6. The molecule has 2 rings (SSSR count). The summed E-state index contributed by atoms with van der Waals surface area (Å²) in [5, 5.41) is 1.48. The van der Waals surface area contributed by atoms with Gasteiger partial charge >= 0.3 is 0 Å². The molecule has 0 amide bonds. The van der Waals surface area contributed by atoms with Crippen molar-refractivity contribution in [1.82, 2.24) is 0 Å². The van der Waals surface area contributed by atoms with Crippen LogP contribution in [0.4, 0.5) is 0 Å². The van der Waals surface area contributed by atoms with Crippen LogP contribution >= 0.6 is 23.5 Å². The van der Waals surface area contributed by atoms with Gasteiger partial charge in [0.2, 0.25) is 0 Å². The second-order valence-corrected chi connectivity index (χ2v) is 7.37. The van der Waals surface area contributed by atoms with Gasteiger partial charge in [-0.15, -0.1) is 0 Å². The second kappa shape index (κ2) is 5.13. The summed E-state index contributed by atoms with van der Waals surface area (Å²) >= 11 is 4.21. The lowest BCUT2D eigenvalue weighted by Gasteiger charge is -2.32. The molecule has 0 aromatic carbocycles. The highest BCUT2D eigenvalue weighted by Crippen LogP contribution is 2.37. The predicted molar refractivity (Wildman–Crippen MR) is 68.1 cm³/mol. The minimum absolute atomic E-state index is 0.448. The molecule has 3 unspecified atom stereocenters. The molecule has 1 heterocycles. The maximum atomic E-state index is 6.28. The average Bonchev–Trinajstić information content (AvgIpc) is 2.98. The lowest BCUT2D eigenvalue weighted by atomic mass is 10.0. The Kier molecular flexibility index (Phi) is 4.09. The highest BCUT2D eigenvalue weighted by Gasteiger charge is 2.29. The molecule has 2 fully saturated rings. The van der Waals surface area contributed by atoms with Crippen molar-refractivity contribution in [2.45, 2.75) is 49.1 Å². The Bertz CT molecular complexity index is 182. The minimum Gasteiger partial charge on any atom is -0.327 e. The van der Waals surface area contributed by atoms with Crippen LogP contribution in [0, 0.1) is 5.92 Å². The SMILES string of the molecule is CC1SCCSC1C(N)CCC1CC1. The van der Waals surface area contributed by atoms with Gasteiger partial charge in [0, 0.05) is 28.0 Å². The number of hydrogen-bond acceptors (Lipinski definition) is 3. The van der Waals surface area contributed by atoms with E-state index in [1.54, 1.807) is 0 Å². The summed E-state index contributed by atoms with van der Waals surface area (Å²) in [6, 6.07) is 0.448. The monoisotopic (exact) mass is 231 g/mol. The van der Waals surface area contributed by atoms with E-state index in [-0.39, 0.29) is 0 Å². The molecule has 0 aromatic rings. The maximum absolute atomic E-state index is 6.28. The van der Waals surface area contributed by atoms with Gasteiger partial charge in [0.1, 0.15) is 0 Å². The van der Waals surface area contributed by atoms with Crippen molar-refractivity contribution in [2.24, 2.45) is 11.7 Å². The summed E-state index contributed by atoms with van der Waals surface area (Å²) in [5.41, 5.74) is 6.28. The molecule has 82 valence electrons. The van der Waals surface area contributed by atoms with Crippen LogP contribution in [0.15, 0.2) is 0 Å². The molecule has 0 radical (unpaired) electrons. The maximum Gasteiger partial charge on any atom is 0.0315 e. The van der Waals surface area contributed by atoms with Crippen molar-refractivity contribution in [1.29, 1.82) is 0 Å². The largest absolute Gasteiger partial charge is 0.327 e. The summed E-state index contributed by atoms with van der Waals surface area (Å²) in [5.74, 6) is 3.66. The van der Waals surface area contributed by atoms with E-state index in [4.69, 9.17) is 5.73 Å². The third-order valence-electron chi connectivity index (χ3n) is 3.26. The number of hydrogen-bond donors (Lipinski definition) is 1. The standard InChI is InChI=1S/C11H21NS2/c1-8-11(14-7-6-13-8)10(12)5-4-9-2-3-9/h8-11H,2-7,12H2,1H3. The van der Waals surface area contributed by atoms with Gasteiger partial charge < -0.3 is 5.73 Å². The molecular formula is C11H21NS2. The van der Waals surface area contributed by atoms with E-state index in [1.165, 1.54) is 37.2 Å². The predicted octanol–water partition coefficient (Wildman–Crippen LogP) is 2.74. The topological polar surface area (TPSA) is 26.0 Å². The van der Waals surface area contributed by atoms with E-state index in [9.17, 15) is 0 Å². The summed E-state index contributed by atoms with van der Waals surface area (Å²) < 4.78 is 0. The first kappa shape index (κ1) is 11.2. The molecule has 14 heavy (non-hydrogen) atoms. The molecule has 0 spiro atoms. The van der Waals surface area contributed by atoms with E-state index in [2.05, 4.69) is 30.4 Å². The fourth-order valence-corrected chi connectivity index (χ4v) is 5.05. The molecule has 3 heteroatoms. The number of rotatable bonds is 4. The zero-order chi connectivity index (χ0) is 9.97. The molecule has 1 aliphatic heterocycles. The smallest absolute Gasteiger partial charge is 0.0315 e. The van der Waals surface area contributed by atoms with Gasteiger partial charge in [0.05, 0.1) is 0 Å². The average molecular weight is 231 g/mol. The van der Waals surface area contributed by atoms with Gasteiger partial charge in [-0.25, -0.2) is 0 Å². The van der Waals surface area contributed by atoms with Crippen LogP contribution in [-0.2, 0) is 0 Å². The number of nitrogens with two attached hydrogens (primary N) is 1. The first-order valence-electron chi connectivity index (χ1n) is 5.76. The fraction of sp³-hybridized carbons (Fsp3) is 1.00. The summed E-state index contributed by atoms with van der Waals surface area (Å²) in [7, 11) is 0. The first-order valence-corrected chi connectivity index (χ1v) is 7.86. The third kappa shape index (κ3) is 3.07. The Morgan fingerprint density at radius 1 is 1.29 bits per heavy atom. The van der Waals surface area contributed by atoms with Crippen LogP contribution in [0.3, 0.4) is 0 Å². The Balaban J connectivity index is 1.73. The second-order valence-electron chi connectivity index (χ2n) is 4.60. The minimum atomic E-state index is 0.448. The van der Waals surface area contributed by atoms with Gasteiger partial charge in [-0.05, 0) is 18.8 Å². The molecule has 2 N–H and O–H groups in total. The van der Waals surface area contributed by atoms with Crippen LogP contribution in [0.1, 0.15) is 32.6 Å². The fourth-order valence-electron chi connectivity index (χ4n) is 2.12. The highest BCUT2D eigenvalue weighted by atomic mass is 32.2. The van der Waals surface area contributed by atoms with Crippen LogP contribution < -0.4 is 5.73 Å². The van der Waals surface area contributed by atoms with Gasteiger partial charge in [0.15, 0.2) is 0 Å². The van der Waals surface area contributed by atoms with Crippen LogP contribution in [-0.4, -0.2) is 28.0 Å². The highest BCUT2D eigenvalue weighted by molar-refractivity contribution is 8.07. The van der Waals surface area contributed by atoms with E-state index in [0.717, 1.165) is 11.2 Å². The van der Waals surface area contributed by atoms with E-state index in [0.29, 0.717) is 11.3 Å². The Morgan fingerprint density at radius 2 is 2.00 bits per heavy atom. The van der Waals surface area contributed by atoms with Crippen LogP contribution in [0.5, 0.6) is 0 Å². The van der Waals surface area contributed by atoms with Crippen molar-refractivity contribution in [3.05, 3.63) is 0 Å². The van der Waals surface area contributed by atoms with Gasteiger partial charge in [-0.2, -0.15) is 23.5 Å². The summed E-state index contributed by atoms with van der Waals surface area (Å²) in [6.45, 7) is 2.35. The molecule has 3 atom stereocenters. The van der Waals surface area contributed by atoms with E-state index >= 15 is 0 Å². The molecule has 1 saturated carbocycles. The first-order chi connectivity index (χ1) is 6.77. The molecule has 1 nitrogen and oxygen atoms in total. The zero-order valence-electron chi connectivity index (χ0n) is 8.95. The van der Waals surface area contributed by atoms with Gasteiger partial charge in [0.25, 0.3) is 0 Å². The third-order valence-corrected chi connectivity index (χ3v) is 6.54. The molecule has 1 saturated heterocycles. The Morgan fingerprint density at radius 3 is 2.64 bits per heavy atom. The van der Waals surface area contributed by atoms with Crippen molar-refractivity contribution >= 4 is 23.5 Å².